The zero-order valence-corrected chi connectivity index (χ0v) is 11.0. The summed E-state index contributed by atoms with van der Waals surface area (Å²) in [6.45, 7) is 1.72. The van der Waals surface area contributed by atoms with E-state index in [-0.39, 0.29) is 6.42 Å². The summed E-state index contributed by atoms with van der Waals surface area (Å²) in [4.78, 5) is 13.0. The Balaban J connectivity index is 1.92. The Morgan fingerprint density at radius 3 is 3.00 bits per heavy atom. The maximum Gasteiger partial charge on any atom is 0.303 e. The molecular weight excluding hydrogens is 254 g/mol. The monoisotopic (exact) mass is 271 g/mol. The van der Waals surface area contributed by atoms with Crippen LogP contribution >= 0.6 is 11.6 Å². The molecular formula is C13H18ClNO3. The summed E-state index contributed by atoms with van der Waals surface area (Å²) in [6.07, 6.45) is 4.36. The van der Waals surface area contributed by atoms with Gasteiger partial charge in [-0.15, -0.1) is 0 Å². The van der Waals surface area contributed by atoms with Gasteiger partial charge in [-0.2, -0.15) is 0 Å². The minimum absolute atomic E-state index is 0.236. The number of halogens is 1. The second-order valence-electron chi connectivity index (χ2n) is 4.76. The first-order valence-electron chi connectivity index (χ1n) is 6.35. The molecule has 1 aliphatic heterocycles. The number of aliphatic carboxylic acids is 1. The van der Waals surface area contributed by atoms with Crippen LogP contribution in [-0.2, 0) is 11.3 Å². The van der Waals surface area contributed by atoms with Gasteiger partial charge < -0.3 is 9.52 Å². The second-order valence-corrected chi connectivity index (χ2v) is 5.13. The predicted molar refractivity (Wildman–Crippen MR) is 68.6 cm³/mol. The van der Waals surface area contributed by atoms with Gasteiger partial charge in [0.05, 0.1) is 6.54 Å². The Morgan fingerprint density at radius 2 is 2.33 bits per heavy atom. The molecule has 100 valence electrons. The standard InChI is InChI=1S/C13H18ClNO3/c14-12-6-5-11(18-12)9-15-8-2-1-3-10(15)4-7-13(16)17/h5-6,10H,1-4,7-9H2,(H,16,17)/t10-/m1/s1. The van der Waals surface area contributed by atoms with Crippen molar-refractivity contribution in [1.29, 1.82) is 0 Å². The first-order chi connectivity index (χ1) is 8.65. The van der Waals surface area contributed by atoms with E-state index in [9.17, 15) is 4.79 Å². The van der Waals surface area contributed by atoms with Crippen molar-refractivity contribution >= 4 is 17.6 Å². The van der Waals surface area contributed by atoms with Crippen molar-refractivity contribution in [3.05, 3.63) is 23.1 Å². The van der Waals surface area contributed by atoms with Gasteiger partial charge in [0.25, 0.3) is 0 Å². The molecule has 1 atom stereocenters. The molecule has 2 heterocycles. The van der Waals surface area contributed by atoms with Gasteiger partial charge in [-0.1, -0.05) is 6.42 Å². The van der Waals surface area contributed by atoms with E-state index >= 15 is 0 Å². The summed E-state index contributed by atoms with van der Waals surface area (Å²) < 4.78 is 5.37. The number of likely N-dealkylation sites (tertiary alicyclic amines) is 1. The molecule has 1 aliphatic rings. The van der Waals surface area contributed by atoms with Crippen LogP contribution in [0.5, 0.6) is 0 Å². The molecule has 4 nitrogen and oxygen atoms in total. The third-order valence-electron chi connectivity index (χ3n) is 3.43. The van der Waals surface area contributed by atoms with Crippen LogP contribution in [0.3, 0.4) is 0 Å². The predicted octanol–water partition coefficient (Wildman–Crippen LogP) is 3.15. The first-order valence-corrected chi connectivity index (χ1v) is 6.73. The van der Waals surface area contributed by atoms with Crippen molar-refractivity contribution in [3.63, 3.8) is 0 Å². The van der Waals surface area contributed by atoms with Crippen molar-refractivity contribution in [2.75, 3.05) is 6.54 Å². The topological polar surface area (TPSA) is 53.7 Å². The highest BCUT2D eigenvalue weighted by molar-refractivity contribution is 6.28. The van der Waals surface area contributed by atoms with Crippen LogP contribution in [0.2, 0.25) is 5.22 Å². The summed E-state index contributed by atoms with van der Waals surface area (Å²) >= 11 is 5.75. The highest BCUT2D eigenvalue weighted by Crippen LogP contribution is 2.24. The number of piperidine rings is 1. The minimum atomic E-state index is -0.721. The van der Waals surface area contributed by atoms with E-state index in [1.54, 1.807) is 6.07 Å². The number of furan rings is 1. The Morgan fingerprint density at radius 1 is 1.50 bits per heavy atom. The van der Waals surface area contributed by atoms with Crippen LogP contribution in [0.25, 0.3) is 0 Å². The van der Waals surface area contributed by atoms with E-state index in [0.717, 1.165) is 31.7 Å². The largest absolute Gasteiger partial charge is 0.481 e. The highest BCUT2D eigenvalue weighted by atomic mass is 35.5. The van der Waals surface area contributed by atoms with Crippen LogP contribution in [0.15, 0.2) is 16.5 Å². The molecule has 1 N–H and O–H groups in total. The number of hydrogen-bond donors (Lipinski definition) is 1. The maximum atomic E-state index is 10.7. The second kappa shape index (κ2) is 6.25. The summed E-state index contributed by atoms with van der Waals surface area (Å²) in [5.74, 6) is 0.129. The molecule has 0 aromatic carbocycles. The van der Waals surface area contributed by atoms with Crippen molar-refractivity contribution in [2.45, 2.75) is 44.7 Å². The fraction of sp³-hybridized carbons (Fsp3) is 0.615. The lowest BCUT2D eigenvalue weighted by Gasteiger charge is -2.34. The Bertz CT molecular complexity index is 405. The molecule has 0 aliphatic carbocycles. The van der Waals surface area contributed by atoms with Crippen LogP contribution in [0, 0.1) is 0 Å². The molecule has 1 aromatic heterocycles. The van der Waals surface area contributed by atoms with Crippen LogP contribution in [0.1, 0.15) is 37.9 Å². The smallest absolute Gasteiger partial charge is 0.303 e. The number of carboxylic acid groups (broad SMARTS) is 1. The quantitative estimate of drug-likeness (QED) is 0.894. The molecule has 0 spiro atoms. The normalized spacial score (nSPS) is 21.1. The summed E-state index contributed by atoms with van der Waals surface area (Å²) in [6, 6.07) is 3.97. The minimum Gasteiger partial charge on any atom is -0.481 e. The lowest BCUT2D eigenvalue weighted by atomic mass is 9.98. The van der Waals surface area contributed by atoms with Gasteiger partial charge in [-0.05, 0) is 49.5 Å². The van der Waals surface area contributed by atoms with Gasteiger partial charge in [0, 0.05) is 12.5 Å². The van der Waals surface area contributed by atoms with Crippen molar-refractivity contribution in [2.24, 2.45) is 0 Å². The van der Waals surface area contributed by atoms with E-state index < -0.39 is 5.97 Å². The molecule has 1 saturated heterocycles. The lowest BCUT2D eigenvalue weighted by molar-refractivity contribution is -0.137. The number of rotatable bonds is 5. The average molecular weight is 272 g/mol. The van der Waals surface area contributed by atoms with Crippen molar-refractivity contribution < 1.29 is 14.3 Å². The van der Waals surface area contributed by atoms with Crippen LogP contribution in [0.4, 0.5) is 0 Å². The molecule has 0 radical (unpaired) electrons. The first kappa shape index (κ1) is 13.4. The van der Waals surface area contributed by atoms with Gasteiger partial charge in [0.1, 0.15) is 5.76 Å². The molecule has 1 fully saturated rings. The highest BCUT2D eigenvalue weighted by Gasteiger charge is 2.23. The summed E-state index contributed by atoms with van der Waals surface area (Å²) in [5.41, 5.74) is 0. The number of carboxylic acids is 1. The molecule has 0 bridgehead atoms. The third-order valence-corrected chi connectivity index (χ3v) is 3.63. The Kier molecular flexibility index (Phi) is 4.66. The van der Waals surface area contributed by atoms with Gasteiger partial charge in [-0.25, -0.2) is 0 Å². The molecule has 0 amide bonds. The number of nitrogens with zero attached hydrogens (tertiary/aromatic N) is 1. The fourth-order valence-electron chi connectivity index (χ4n) is 2.52. The van der Waals surface area contributed by atoms with E-state index in [1.807, 2.05) is 6.07 Å². The van der Waals surface area contributed by atoms with Crippen molar-refractivity contribution in [3.8, 4) is 0 Å². The number of carbonyl (C=O) groups is 1. The van der Waals surface area contributed by atoms with Gasteiger partial charge >= 0.3 is 5.97 Å². The lowest BCUT2D eigenvalue weighted by Crippen LogP contribution is -2.39. The molecule has 2 rings (SSSR count). The summed E-state index contributed by atoms with van der Waals surface area (Å²) in [7, 11) is 0. The van der Waals surface area contributed by atoms with E-state index in [1.165, 1.54) is 6.42 Å². The third kappa shape index (κ3) is 3.75. The molecule has 0 unspecified atom stereocenters. The van der Waals surface area contributed by atoms with Crippen molar-refractivity contribution in [1.82, 2.24) is 4.90 Å². The molecule has 5 heteroatoms. The maximum absolute atomic E-state index is 10.7. The summed E-state index contributed by atoms with van der Waals surface area (Å²) in [5, 5.41) is 9.18. The zero-order chi connectivity index (χ0) is 13.0. The van der Waals surface area contributed by atoms with E-state index in [2.05, 4.69) is 4.90 Å². The van der Waals surface area contributed by atoms with Crippen LogP contribution in [-0.4, -0.2) is 28.6 Å². The van der Waals surface area contributed by atoms with Gasteiger partial charge in [-0.3, -0.25) is 9.69 Å². The van der Waals surface area contributed by atoms with E-state index in [4.69, 9.17) is 21.1 Å². The van der Waals surface area contributed by atoms with Gasteiger partial charge in [0.2, 0.25) is 0 Å². The van der Waals surface area contributed by atoms with Gasteiger partial charge in [0.15, 0.2) is 5.22 Å². The average Bonchev–Trinajstić information content (AvgIpc) is 2.73. The molecule has 18 heavy (non-hydrogen) atoms. The van der Waals surface area contributed by atoms with E-state index in [0.29, 0.717) is 17.7 Å². The zero-order valence-electron chi connectivity index (χ0n) is 10.3. The van der Waals surface area contributed by atoms with Crippen LogP contribution < -0.4 is 0 Å². The molecule has 1 aromatic rings. The Labute approximate surface area is 112 Å². The number of hydrogen-bond acceptors (Lipinski definition) is 3. The SMILES string of the molecule is O=C(O)CC[C@H]1CCCCN1Cc1ccc(Cl)o1. The Hall–Kier alpha value is -1.00. The fourth-order valence-corrected chi connectivity index (χ4v) is 2.68. The molecule has 0 saturated carbocycles.